The number of hydrogen-bond donors (Lipinski definition) is 3. The average molecular weight is 511 g/mol. The number of rotatable bonds is 8. The van der Waals surface area contributed by atoms with E-state index in [9.17, 15) is 9.59 Å². The predicted molar refractivity (Wildman–Crippen MR) is 126 cm³/mol. The standard InChI is InChI=1S/C25H31ClN4O2.Fe/c26-20-7-5-19(6-8-20)25(11-12-25)16-29-24(32)22(27)15-17-1-3-18(4-2-17)23(31)30-21-9-13-28-14-10-21;/h5-10,13-14,17-18,22H,1-4,11-12,15-16,27H2,(H,29,32)(H,28,30,31);. The van der Waals surface area contributed by atoms with Gasteiger partial charge in [0.2, 0.25) is 11.8 Å². The molecule has 1 aromatic carbocycles. The summed E-state index contributed by atoms with van der Waals surface area (Å²) in [6, 6.07) is 11.0. The third-order valence-corrected chi connectivity index (χ3v) is 7.25. The summed E-state index contributed by atoms with van der Waals surface area (Å²) in [5, 5.41) is 6.76. The summed E-state index contributed by atoms with van der Waals surface area (Å²) in [5.41, 5.74) is 8.26. The molecule has 1 heterocycles. The van der Waals surface area contributed by atoms with Crippen LogP contribution >= 0.6 is 11.6 Å². The van der Waals surface area contributed by atoms with E-state index in [1.54, 1.807) is 24.5 Å². The van der Waals surface area contributed by atoms with Crippen molar-refractivity contribution in [2.75, 3.05) is 11.9 Å². The van der Waals surface area contributed by atoms with E-state index < -0.39 is 6.04 Å². The Bertz CT molecular complexity index is 929. The topological polar surface area (TPSA) is 97.1 Å². The van der Waals surface area contributed by atoms with Gasteiger partial charge in [-0.15, -0.1) is 0 Å². The molecule has 4 rings (SSSR count). The molecular formula is C25H31ClFeN4O2. The Morgan fingerprint density at radius 3 is 2.30 bits per heavy atom. The van der Waals surface area contributed by atoms with Crippen LogP contribution in [-0.4, -0.2) is 29.4 Å². The first-order valence-corrected chi connectivity index (χ1v) is 11.8. The molecule has 0 aliphatic heterocycles. The first-order chi connectivity index (χ1) is 15.4. The van der Waals surface area contributed by atoms with Crippen LogP contribution < -0.4 is 16.4 Å². The minimum absolute atomic E-state index is 0. The molecule has 4 N–H and O–H groups in total. The Morgan fingerprint density at radius 2 is 1.70 bits per heavy atom. The summed E-state index contributed by atoms with van der Waals surface area (Å²) >= 11 is 6.00. The van der Waals surface area contributed by atoms with Gasteiger partial charge < -0.3 is 16.4 Å². The molecule has 178 valence electrons. The normalized spacial score (nSPS) is 21.9. The second-order valence-corrected chi connectivity index (χ2v) is 9.73. The molecule has 33 heavy (non-hydrogen) atoms. The monoisotopic (exact) mass is 510 g/mol. The van der Waals surface area contributed by atoms with E-state index in [0.29, 0.717) is 18.9 Å². The van der Waals surface area contributed by atoms with E-state index in [0.717, 1.165) is 49.2 Å². The number of carbonyl (C=O) groups excluding carboxylic acids is 2. The van der Waals surface area contributed by atoms with Gasteiger partial charge in [0.05, 0.1) is 6.04 Å². The van der Waals surface area contributed by atoms with Gasteiger partial charge in [0.15, 0.2) is 0 Å². The van der Waals surface area contributed by atoms with E-state index in [2.05, 4.69) is 15.6 Å². The smallest absolute Gasteiger partial charge is 0.236 e. The van der Waals surface area contributed by atoms with Crippen molar-refractivity contribution in [1.29, 1.82) is 0 Å². The number of amides is 2. The van der Waals surface area contributed by atoms with Gasteiger partial charge in [-0.3, -0.25) is 14.6 Å². The van der Waals surface area contributed by atoms with Crippen LogP contribution in [0.3, 0.4) is 0 Å². The van der Waals surface area contributed by atoms with Crippen LogP contribution in [-0.2, 0) is 32.1 Å². The molecule has 0 saturated heterocycles. The number of carbonyl (C=O) groups is 2. The zero-order valence-electron chi connectivity index (χ0n) is 18.6. The molecule has 0 radical (unpaired) electrons. The number of pyridine rings is 1. The van der Waals surface area contributed by atoms with Crippen molar-refractivity contribution in [2.45, 2.75) is 56.4 Å². The predicted octanol–water partition coefficient (Wildman–Crippen LogP) is 4.04. The van der Waals surface area contributed by atoms with Crippen LogP contribution in [0.15, 0.2) is 48.8 Å². The van der Waals surface area contributed by atoms with E-state index >= 15 is 0 Å². The maximum atomic E-state index is 12.6. The molecule has 1 unspecified atom stereocenters. The Morgan fingerprint density at radius 1 is 1.06 bits per heavy atom. The molecular weight excluding hydrogens is 480 g/mol. The van der Waals surface area contributed by atoms with Crippen molar-refractivity contribution in [3.8, 4) is 0 Å². The second kappa shape index (κ2) is 11.5. The number of nitrogens with two attached hydrogens (primary N) is 1. The number of nitrogens with zero attached hydrogens (tertiary/aromatic N) is 1. The SMILES string of the molecule is NC(CC1CCC(C(=O)Nc2ccncc2)CC1)C(=O)NCC1(c2ccc(Cl)cc2)CC1.[Fe]. The molecule has 2 saturated carbocycles. The zero-order chi connectivity index (χ0) is 22.6. The first kappa shape index (κ1) is 25.7. The summed E-state index contributed by atoms with van der Waals surface area (Å²) in [4.78, 5) is 29.1. The fourth-order valence-corrected chi connectivity index (χ4v) is 4.84. The van der Waals surface area contributed by atoms with Gasteiger partial charge in [0.25, 0.3) is 0 Å². The molecule has 1 atom stereocenters. The summed E-state index contributed by atoms with van der Waals surface area (Å²) < 4.78 is 0. The van der Waals surface area contributed by atoms with Crippen molar-refractivity contribution >= 4 is 29.1 Å². The first-order valence-electron chi connectivity index (χ1n) is 11.5. The Balaban J connectivity index is 0.00000306. The minimum atomic E-state index is -0.511. The summed E-state index contributed by atoms with van der Waals surface area (Å²) in [6.07, 6.45) is 9.63. The summed E-state index contributed by atoms with van der Waals surface area (Å²) in [5.74, 6) is 0.377. The number of hydrogen-bond acceptors (Lipinski definition) is 4. The van der Waals surface area contributed by atoms with Crippen LogP contribution in [0, 0.1) is 11.8 Å². The van der Waals surface area contributed by atoms with Crippen LogP contribution in [0.1, 0.15) is 50.5 Å². The van der Waals surface area contributed by atoms with Crippen LogP contribution in [0.4, 0.5) is 5.69 Å². The van der Waals surface area contributed by atoms with Crippen LogP contribution in [0.25, 0.3) is 0 Å². The van der Waals surface area contributed by atoms with E-state index in [-0.39, 0.29) is 40.2 Å². The number of benzene rings is 1. The van der Waals surface area contributed by atoms with E-state index in [4.69, 9.17) is 17.3 Å². The van der Waals surface area contributed by atoms with Gasteiger partial charge in [-0.2, -0.15) is 0 Å². The van der Waals surface area contributed by atoms with Gasteiger partial charge in [0.1, 0.15) is 0 Å². The zero-order valence-corrected chi connectivity index (χ0v) is 20.4. The van der Waals surface area contributed by atoms with Crippen LogP contribution in [0.2, 0.25) is 5.02 Å². The minimum Gasteiger partial charge on any atom is -0.354 e. The Labute approximate surface area is 210 Å². The average Bonchev–Trinajstić information content (AvgIpc) is 3.60. The summed E-state index contributed by atoms with van der Waals surface area (Å²) in [7, 11) is 0. The third-order valence-electron chi connectivity index (χ3n) is 7.00. The Hall–Kier alpha value is -1.92. The molecule has 0 bridgehead atoms. The van der Waals surface area contributed by atoms with Gasteiger partial charge in [0, 0.05) is 58.1 Å². The molecule has 2 aromatic rings. The maximum Gasteiger partial charge on any atom is 0.236 e. The van der Waals surface area contributed by atoms with Gasteiger partial charge in [-0.25, -0.2) is 0 Å². The van der Waals surface area contributed by atoms with Crippen molar-refractivity contribution in [3.63, 3.8) is 0 Å². The molecule has 2 amide bonds. The molecule has 2 aliphatic carbocycles. The molecule has 2 fully saturated rings. The van der Waals surface area contributed by atoms with Gasteiger partial charge >= 0.3 is 0 Å². The fourth-order valence-electron chi connectivity index (χ4n) is 4.72. The number of halogens is 1. The molecule has 8 heteroatoms. The number of aromatic nitrogens is 1. The molecule has 2 aliphatic rings. The van der Waals surface area contributed by atoms with Crippen LogP contribution in [0.5, 0.6) is 0 Å². The molecule has 6 nitrogen and oxygen atoms in total. The number of nitrogens with one attached hydrogen (secondary N) is 2. The van der Waals surface area contributed by atoms with E-state index in [1.165, 1.54) is 5.56 Å². The van der Waals surface area contributed by atoms with Gasteiger partial charge in [-0.05, 0) is 80.7 Å². The van der Waals surface area contributed by atoms with E-state index in [1.807, 2.05) is 24.3 Å². The number of anilines is 1. The Kier molecular flexibility index (Phi) is 8.94. The molecule has 0 spiro atoms. The third kappa shape index (κ3) is 6.79. The second-order valence-electron chi connectivity index (χ2n) is 9.29. The van der Waals surface area contributed by atoms with Gasteiger partial charge in [-0.1, -0.05) is 23.7 Å². The van der Waals surface area contributed by atoms with Crippen molar-refractivity contribution in [2.24, 2.45) is 17.6 Å². The maximum absolute atomic E-state index is 12.6. The van der Waals surface area contributed by atoms with Crippen molar-refractivity contribution < 1.29 is 26.7 Å². The van der Waals surface area contributed by atoms with Crippen molar-refractivity contribution in [3.05, 3.63) is 59.4 Å². The quantitative estimate of drug-likeness (QED) is 0.467. The fraction of sp³-hybridized carbons (Fsp3) is 0.480. The largest absolute Gasteiger partial charge is 0.354 e. The van der Waals surface area contributed by atoms with Crippen molar-refractivity contribution in [1.82, 2.24) is 10.3 Å². The summed E-state index contributed by atoms with van der Waals surface area (Å²) in [6.45, 7) is 0.614. The molecule has 1 aromatic heterocycles.